The van der Waals surface area contributed by atoms with Gasteiger partial charge in [0.2, 0.25) is 0 Å². The van der Waals surface area contributed by atoms with E-state index in [2.05, 4.69) is 33.1 Å². The number of anilines is 1. The minimum absolute atomic E-state index is 0.385. The monoisotopic (exact) mass is 344 g/mol. The Bertz CT molecular complexity index is 1040. The van der Waals surface area contributed by atoms with Crippen LogP contribution < -0.4 is 10.6 Å². The standard InChI is InChI=1S/C20H20N6/c1-25(2)15-7-5-6-14(12-15)18-13-23-19-10-9-17(24-26(18)19)20(21)16-8-3-4-11-22-16/h3-13,20H,21H2,1-2H3. The third-order valence-corrected chi connectivity index (χ3v) is 4.37. The molecule has 2 N–H and O–H groups in total. The van der Waals surface area contributed by atoms with E-state index in [1.807, 2.05) is 61.2 Å². The molecule has 0 fully saturated rings. The molecule has 0 radical (unpaired) electrons. The number of pyridine rings is 1. The highest BCUT2D eigenvalue weighted by Gasteiger charge is 2.15. The molecule has 26 heavy (non-hydrogen) atoms. The summed E-state index contributed by atoms with van der Waals surface area (Å²) in [6.45, 7) is 0. The molecule has 4 aromatic rings. The van der Waals surface area contributed by atoms with Gasteiger partial charge in [-0.2, -0.15) is 5.10 Å². The van der Waals surface area contributed by atoms with E-state index in [9.17, 15) is 0 Å². The summed E-state index contributed by atoms with van der Waals surface area (Å²) in [5, 5.41) is 4.74. The van der Waals surface area contributed by atoms with Crippen molar-refractivity contribution < 1.29 is 0 Å². The zero-order valence-corrected chi connectivity index (χ0v) is 14.7. The van der Waals surface area contributed by atoms with Gasteiger partial charge in [-0.15, -0.1) is 0 Å². The van der Waals surface area contributed by atoms with Crippen molar-refractivity contribution in [2.75, 3.05) is 19.0 Å². The summed E-state index contributed by atoms with van der Waals surface area (Å²) in [4.78, 5) is 10.9. The fraction of sp³-hybridized carbons (Fsp3) is 0.150. The number of aromatic nitrogens is 4. The molecule has 1 aromatic carbocycles. The molecule has 0 saturated heterocycles. The summed E-state index contributed by atoms with van der Waals surface area (Å²) in [5.41, 5.74) is 11.8. The first-order chi connectivity index (χ1) is 12.6. The molecular weight excluding hydrogens is 324 g/mol. The average molecular weight is 344 g/mol. The van der Waals surface area contributed by atoms with Gasteiger partial charge in [0.1, 0.15) is 0 Å². The summed E-state index contributed by atoms with van der Waals surface area (Å²) in [5.74, 6) is 0. The van der Waals surface area contributed by atoms with E-state index < -0.39 is 0 Å². The van der Waals surface area contributed by atoms with Gasteiger partial charge in [0, 0.05) is 31.5 Å². The molecule has 4 rings (SSSR count). The molecule has 130 valence electrons. The van der Waals surface area contributed by atoms with Gasteiger partial charge < -0.3 is 10.6 Å². The average Bonchev–Trinajstić information content (AvgIpc) is 3.11. The summed E-state index contributed by atoms with van der Waals surface area (Å²) >= 11 is 0. The van der Waals surface area contributed by atoms with E-state index in [-0.39, 0.29) is 6.04 Å². The summed E-state index contributed by atoms with van der Waals surface area (Å²) in [7, 11) is 4.05. The van der Waals surface area contributed by atoms with E-state index in [1.54, 1.807) is 6.20 Å². The fourth-order valence-corrected chi connectivity index (χ4v) is 2.91. The molecule has 1 unspecified atom stereocenters. The van der Waals surface area contributed by atoms with Gasteiger partial charge in [-0.05, 0) is 36.4 Å². The lowest BCUT2D eigenvalue weighted by Gasteiger charge is -2.14. The van der Waals surface area contributed by atoms with Crippen LogP contribution in [0.15, 0.2) is 67.0 Å². The Morgan fingerprint density at radius 1 is 0.962 bits per heavy atom. The van der Waals surface area contributed by atoms with Gasteiger partial charge in [-0.25, -0.2) is 9.50 Å². The van der Waals surface area contributed by atoms with Crippen LogP contribution in [0.1, 0.15) is 17.4 Å². The fourth-order valence-electron chi connectivity index (χ4n) is 2.91. The number of benzene rings is 1. The largest absolute Gasteiger partial charge is 0.378 e. The molecule has 0 bridgehead atoms. The Labute approximate surface area is 151 Å². The van der Waals surface area contributed by atoms with E-state index in [4.69, 9.17) is 10.8 Å². The Morgan fingerprint density at radius 2 is 1.85 bits per heavy atom. The molecule has 0 spiro atoms. The van der Waals surface area contributed by atoms with Crippen molar-refractivity contribution in [2.45, 2.75) is 6.04 Å². The normalized spacial score (nSPS) is 12.3. The predicted octanol–water partition coefficient (Wildman–Crippen LogP) is 2.91. The number of nitrogens with two attached hydrogens (primary N) is 1. The van der Waals surface area contributed by atoms with Crippen LogP contribution >= 0.6 is 0 Å². The molecule has 1 atom stereocenters. The third kappa shape index (κ3) is 2.91. The summed E-state index contributed by atoms with van der Waals surface area (Å²) in [6, 6.07) is 17.5. The van der Waals surface area contributed by atoms with Crippen LogP contribution in [0.5, 0.6) is 0 Å². The molecule has 0 saturated carbocycles. The van der Waals surface area contributed by atoms with Crippen molar-refractivity contribution in [3.8, 4) is 11.3 Å². The predicted molar refractivity (Wildman–Crippen MR) is 103 cm³/mol. The Balaban J connectivity index is 1.79. The lowest BCUT2D eigenvalue weighted by Crippen LogP contribution is -2.16. The molecule has 3 aromatic heterocycles. The van der Waals surface area contributed by atoms with Crippen LogP contribution in [0.3, 0.4) is 0 Å². The Morgan fingerprint density at radius 3 is 2.62 bits per heavy atom. The van der Waals surface area contributed by atoms with Gasteiger partial charge in [-0.1, -0.05) is 18.2 Å². The van der Waals surface area contributed by atoms with Crippen LogP contribution in [0.2, 0.25) is 0 Å². The maximum Gasteiger partial charge on any atom is 0.154 e. The highest BCUT2D eigenvalue weighted by atomic mass is 15.3. The molecule has 6 heteroatoms. The number of fused-ring (bicyclic) bond motifs is 1. The molecule has 0 aliphatic rings. The van der Waals surface area contributed by atoms with E-state index in [0.717, 1.165) is 34.0 Å². The topological polar surface area (TPSA) is 72.3 Å². The first-order valence-corrected chi connectivity index (χ1v) is 8.42. The molecule has 0 aliphatic carbocycles. The molecule has 0 amide bonds. The lowest BCUT2D eigenvalue weighted by atomic mass is 10.1. The third-order valence-electron chi connectivity index (χ3n) is 4.37. The highest BCUT2D eigenvalue weighted by molar-refractivity contribution is 5.67. The first-order valence-electron chi connectivity index (χ1n) is 8.42. The van der Waals surface area contributed by atoms with Crippen LogP contribution in [0.25, 0.3) is 16.9 Å². The molecule has 6 nitrogen and oxygen atoms in total. The minimum Gasteiger partial charge on any atom is -0.378 e. The maximum absolute atomic E-state index is 6.36. The van der Waals surface area contributed by atoms with E-state index in [0.29, 0.717) is 0 Å². The maximum atomic E-state index is 6.36. The van der Waals surface area contributed by atoms with E-state index in [1.165, 1.54) is 0 Å². The van der Waals surface area contributed by atoms with Gasteiger partial charge in [0.15, 0.2) is 5.65 Å². The van der Waals surface area contributed by atoms with Crippen LogP contribution in [0, 0.1) is 0 Å². The molecular formula is C20H20N6. The number of nitrogens with zero attached hydrogens (tertiary/aromatic N) is 5. The SMILES string of the molecule is CN(C)c1cccc(-c2cnc3ccc(C(N)c4ccccn4)nn23)c1. The van der Waals surface area contributed by atoms with Gasteiger partial charge in [0.25, 0.3) is 0 Å². The van der Waals surface area contributed by atoms with Crippen molar-refractivity contribution >= 4 is 11.3 Å². The van der Waals surface area contributed by atoms with Crippen molar-refractivity contribution in [1.29, 1.82) is 0 Å². The van der Waals surface area contributed by atoms with Gasteiger partial charge in [0.05, 0.1) is 29.3 Å². The smallest absolute Gasteiger partial charge is 0.154 e. The minimum atomic E-state index is -0.385. The van der Waals surface area contributed by atoms with Crippen LogP contribution in [0.4, 0.5) is 5.69 Å². The number of imidazole rings is 1. The van der Waals surface area contributed by atoms with Crippen LogP contribution in [-0.2, 0) is 0 Å². The van der Waals surface area contributed by atoms with Gasteiger partial charge in [-0.3, -0.25) is 4.98 Å². The second-order valence-corrected chi connectivity index (χ2v) is 6.35. The first kappa shape index (κ1) is 16.2. The molecule has 3 heterocycles. The van der Waals surface area contributed by atoms with Crippen molar-refractivity contribution in [3.63, 3.8) is 0 Å². The lowest BCUT2D eigenvalue weighted by molar-refractivity contribution is 0.750. The van der Waals surface area contributed by atoms with Crippen molar-refractivity contribution in [3.05, 3.63) is 78.4 Å². The summed E-state index contributed by atoms with van der Waals surface area (Å²) < 4.78 is 1.84. The molecule has 0 aliphatic heterocycles. The highest BCUT2D eigenvalue weighted by Crippen LogP contribution is 2.25. The van der Waals surface area contributed by atoms with Gasteiger partial charge >= 0.3 is 0 Å². The zero-order chi connectivity index (χ0) is 18.1. The quantitative estimate of drug-likeness (QED) is 0.616. The second-order valence-electron chi connectivity index (χ2n) is 6.35. The number of hydrogen-bond donors (Lipinski definition) is 1. The number of hydrogen-bond acceptors (Lipinski definition) is 5. The summed E-state index contributed by atoms with van der Waals surface area (Å²) in [6.07, 6.45) is 3.58. The second kappa shape index (κ2) is 6.57. The Hall–Kier alpha value is -3.25. The zero-order valence-electron chi connectivity index (χ0n) is 14.7. The van der Waals surface area contributed by atoms with Crippen molar-refractivity contribution in [1.82, 2.24) is 19.6 Å². The van der Waals surface area contributed by atoms with Crippen molar-refractivity contribution in [2.24, 2.45) is 5.73 Å². The Kier molecular flexibility index (Phi) is 4.10. The van der Waals surface area contributed by atoms with Crippen LogP contribution in [-0.4, -0.2) is 33.7 Å². The van der Waals surface area contributed by atoms with E-state index >= 15 is 0 Å². The number of rotatable bonds is 4.